The highest BCUT2D eigenvalue weighted by atomic mass is 15.2. The van der Waals surface area contributed by atoms with Gasteiger partial charge in [0.2, 0.25) is 0 Å². The summed E-state index contributed by atoms with van der Waals surface area (Å²) < 4.78 is 0. The Morgan fingerprint density at radius 1 is 1.20 bits per heavy atom. The smallest absolute Gasteiger partial charge is 0.0136 e. The van der Waals surface area contributed by atoms with Crippen LogP contribution in [0, 0.1) is 5.92 Å². The zero-order chi connectivity index (χ0) is 14.4. The number of benzene rings is 1. The van der Waals surface area contributed by atoms with Crippen LogP contribution in [-0.4, -0.2) is 30.6 Å². The second-order valence-corrected chi connectivity index (χ2v) is 6.25. The summed E-state index contributed by atoms with van der Waals surface area (Å²) in [5, 5.41) is 0. The van der Waals surface area contributed by atoms with Gasteiger partial charge in [-0.1, -0.05) is 57.0 Å². The van der Waals surface area contributed by atoms with Gasteiger partial charge in [-0.3, -0.25) is 4.90 Å². The van der Waals surface area contributed by atoms with Gasteiger partial charge in [0, 0.05) is 12.6 Å². The van der Waals surface area contributed by atoms with Gasteiger partial charge in [-0.25, -0.2) is 0 Å². The van der Waals surface area contributed by atoms with Crippen molar-refractivity contribution in [2.45, 2.75) is 51.5 Å². The molecule has 1 aliphatic carbocycles. The van der Waals surface area contributed by atoms with E-state index in [0.29, 0.717) is 17.9 Å². The molecular formula is C18H30N2. The van der Waals surface area contributed by atoms with Crippen molar-refractivity contribution in [3.05, 3.63) is 35.9 Å². The first-order valence-electron chi connectivity index (χ1n) is 8.25. The van der Waals surface area contributed by atoms with E-state index in [1.165, 1.54) is 31.2 Å². The highest BCUT2D eigenvalue weighted by Gasteiger charge is 2.29. The van der Waals surface area contributed by atoms with Crippen molar-refractivity contribution in [1.29, 1.82) is 0 Å². The van der Waals surface area contributed by atoms with Crippen molar-refractivity contribution >= 4 is 0 Å². The first-order valence-corrected chi connectivity index (χ1v) is 8.25. The zero-order valence-corrected chi connectivity index (χ0v) is 13.1. The van der Waals surface area contributed by atoms with E-state index >= 15 is 0 Å². The summed E-state index contributed by atoms with van der Waals surface area (Å²) in [6.45, 7) is 7.78. The van der Waals surface area contributed by atoms with Crippen molar-refractivity contribution in [2.75, 3.05) is 19.6 Å². The van der Waals surface area contributed by atoms with Crippen LogP contribution in [0.25, 0.3) is 0 Å². The minimum absolute atomic E-state index is 0.594. The van der Waals surface area contributed by atoms with Crippen LogP contribution in [0.1, 0.15) is 51.0 Å². The molecule has 1 aromatic rings. The topological polar surface area (TPSA) is 29.3 Å². The van der Waals surface area contributed by atoms with Gasteiger partial charge >= 0.3 is 0 Å². The van der Waals surface area contributed by atoms with Crippen molar-refractivity contribution in [3.63, 3.8) is 0 Å². The number of nitrogens with zero attached hydrogens (tertiary/aromatic N) is 1. The lowest BCUT2D eigenvalue weighted by Crippen LogP contribution is -2.46. The Morgan fingerprint density at radius 2 is 1.90 bits per heavy atom. The average molecular weight is 274 g/mol. The summed E-state index contributed by atoms with van der Waals surface area (Å²) in [4.78, 5) is 2.67. The first kappa shape index (κ1) is 15.5. The Bertz CT molecular complexity index is 376. The molecule has 0 aliphatic heterocycles. The van der Waals surface area contributed by atoms with E-state index in [9.17, 15) is 0 Å². The molecule has 0 heterocycles. The SMILES string of the molecule is CCN(CC(C)c1ccccc1)C1CCCCC1CN. The third-order valence-corrected chi connectivity index (χ3v) is 4.92. The fourth-order valence-corrected chi connectivity index (χ4v) is 3.68. The van der Waals surface area contributed by atoms with Crippen LogP contribution in [0.3, 0.4) is 0 Å². The van der Waals surface area contributed by atoms with E-state index in [4.69, 9.17) is 5.73 Å². The Kier molecular flexibility index (Phi) is 6.06. The summed E-state index contributed by atoms with van der Waals surface area (Å²) in [7, 11) is 0. The number of hydrogen-bond acceptors (Lipinski definition) is 2. The van der Waals surface area contributed by atoms with Gasteiger partial charge in [0.1, 0.15) is 0 Å². The number of likely N-dealkylation sites (N-methyl/N-ethyl adjacent to an activating group) is 1. The van der Waals surface area contributed by atoms with Gasteiger partial charge in [0.15, 0.2) is 0 Å². The van der Waals surface area contributed by atoms with Gasteiger partial charge in [-0.05, 0) is 43.3 Å². The molecule has 0 radical (unpaired) electrons. The Balaban J connectivity index is 2.00. The van der Waals surface area contributed by atoms with E-state index in [1.54, 1.807) is 0 Å². The second kappa shape index (κ2) is 7.80. The Labute approximate surface area is 124 Å². The number of rotatable bonds is 6. The minimum atomic E-state index is 0.594. The molecule has 20 heavy (non-hydrogen) atoms. The van der Waals surface area contributed by atoms with Crippen LogP contribution in [0.5, 0.6) is 0 Å². The van der Waals surface area contributed by atoms with Gasteiger partial charge in [0.25, 0.3) is 0 Å². The summed E-state index contributed by atoms with van der Waals surface area (Å²) in [6, 6.07) is 11.6. The van der Waals surface area contributed by atoms with Crippen molar-refractivity contribution in [2.24, 2.45) is 11.7 Å². The molecule has 1 aliphatic rings. The maximum Gasteiger partial charge on any atom is 0.0136 e. The van der Waals surface area contributed by atoms with E-state index in [0.717, 1.165) is 19.6 Å². The van der Waals surface area contributed by atoms with Crippen LogP contribution in [0.2, 0.25) is 0 Å². The van der Waals surface area contributed by atoms with E-state index in [1.807, 2.05) is 0 Å². The summed E-state index contributed by atoms with van der Waals surface area (Å²) >= 11 is 0. The summed E-state index contributed by atoms with van der Waals surface area (Å²) in [6.07, 6.45) is 5.39. The monoisotopic (exact) mass is 274 g/mol. The first-order chi connectivity index (χ1) is 9.76. The molecule has 2 rings (SSSR count). The normalized spacial score (nSPS) is 24.8. The molecule has 0 aromatic heterocycles. The van der Waals surface area contributed by atoms with Crippen LogP contribution in [-0.2, 0) is 0 Å². The average Bonchev–Trinajstić information content (AvgIpc) is 2.53. The summed E-state index contributed by atoms with van der Waals surface area (Å²) in [5.41, 5.74) is 7.45. The molecule has 0 amide bonds. The number of hydrogen-bond donors (Lipinski definition) is 1. The Morgan fingerprint density at radius 3 is 2.55 bits per heavy atom. The third-order valence-electron chi connectivity index (χ3n) is 4.92. The molecule has 0 saturated heterocycles. The van der Waals surface area contributed by atoms with Gasteiger partial charge < -0.3 is 5.73 Å². The van der Waals surface area contributed by atoms with E-state index in [2.05, 4.69) is 49.1 Å². The fraction of sp³-hybridized carbons (Fsp3) is 0.667. The maximum atomic E-state index is 6.00. The van der Waals surface area contributed by atoms with Crippen LogP contribution < -0.4 is 5.73 Å². The summed E-state index contributed by atoms with van der Waals surface area (Å²) in [5.74, 6) is 1.29. The zero-order valence-electron chi connectivity index (χ0n) is 13.1. The second-order valence-electron chi connectivity index (χ2n) is 6.25. The Hall–Kier alpha value is -0.860. The molecule has 2 nitrogen and oxygen atoms in total. The van der Waals surface area contributed by atoms with Crippen LogP contribution in [0.15, 0.2) is 30.3 Å². The molecule has 0 bridgehead atoms. The van der Waals surface area contributed by atoms with Crippen molar-refractivity contribution in [3.8, 4) is 0 Å². The molecule has 1 saturated carbocycles. The molecule has 3 unspecified atom stereocenters. The van der Waals surface area contributed by atoms with Gasteiger partial charge in [-0.2, -0.15) is 0 Å². The van der Waals surface area contributed by atoms with E-state index in [-0.39, 0.29) is 0 Å². The lowest BCUT2D eigenvalue weighted by atomic mass is 9.83. The number of nitrogens with two attached hydrogens (primary N) is 1. The molecule has 2 heteroatoms. The van der Waals surface area contributed by atoms with E-state index < -0.39 is 0 Å². The predicted molar refractivity (Wildman–Crippen MR) is 86.9 cm³/mol. The minimum Gasteiger partial charge on any atom is -0.330 e. The highest BCUT2D eigenvalue weighted by Crippen LogP contribution is 2.29. The lowest BCUT2D eigenvalue weighted by molar-refractivity contribution is 0.107. The molecule has 1 fully saturated rings. The van der Waals surface area contributed by atoms with Gasteiger partial charge in [0.05, 0.1) is 0 Å². The molecular weight excluding hydrogens is 244 g/mol. The molecule has 112 valence electrons. The molecule has 0 spiro atoms. The maximum absolute atomic E-state index is 6.00. The molecule has 2 N–H and O–H groups in total. The predicted octanol–water partition coefficient (Wildman–Crippen LogP) is 3.63. The largest absolute Gasteiger partial charge is 0.330 e. The quantitative estimate of drug-likeness (QED) is 0.858. The van der Waals surface area contributed by atoms with Crippen molar-refractivity contribution < 1.29 is 0 Å². The van der Waals surface area contributed by atoms with Crippen LogP contribution >= 0.6 is 0 Å². The van der Waals surface area contributed by atoms with Crippen molar-refractivity contribution in [1.82, 2.24) is 4.90 Å². The molecule has 3 atom stereocenters. The highest BCUT2D eigenvalue weighted by molar-refractivity contribution is 5.19. The third kappa shape index (κ3) is 3.83. The standard InChI is InChI=1S/C18H30N2/c1-3-20(18-12-8-7-11-17(18)13-19)14-15(2)16-9-5-4-6-10-16/h4-6,9-10,15,17-18H,3,7-8,11-14,19H2,1-2H3. The van der Waals surface area contributed by atoms with Gasteiger partial charge in [-0.15, -0.1) is 0 Å². The fourth-order valence-electron chi connectivity index (χ4n) is 3.68. The lowest BCUT2D eigenvalue weighted by Gasteiger charge is -2.40. The van der Waals surface area contributed by atoms with Crippen LogP contribution in [0.4, 0.5) is 0 Å². The molecule has 1 aromatic carbocycles.